The summed E-state index contributed by atoms with van der Waals surface area (Å²) in [6.07, 6.45) is 3.47. The lowest BCUT2D eigenvalue weighted by Gasteiger charge is -2.33. The zero-order chi connectivity index (χ0) is 17.4. The fraction of sp³-hybridized carbons (Fsp3) is 0.579. The molecule has 132 valence electrons. The first-order chi connectivity index (χ1) is 11.6. The molecule has 1 aromatic carbocycles. The standard InChI is InChI=1S/C19H28N2O3/c1-3-6-18(22)20-12-16-8-5-10-21(13-16)19(23)17-9-4-7-15(11-17)14-24-2/h4,7,9,11,16H,3,5-6,8,10,12-14H2,1-2H3,(H,20,22). The first-order valence-electron chi connectivity index (χ1n) is 8.78. The minimum absolute atomic E-state index is 0.0672. The van der Waals surface area contributed by atoms with Gasteiger partial charge in [-0.2, -0.15) is 0 Å². The number of carbonyl (C=O) groups excluding carboxylic acids is 2. The van der Waals surface area contributed by atoms with Gasteiger partial charge in [0.2, 0.25) is 5.91 Å². The molecule has 1 aliphatic heterocycles. The second-order valence-electron chi connectivity index (χ2n) is 6.45. The topological polar surface area (TPSA) is 58.6 Å². The number of likely N-dealkylation sites (tertiary alicyclic amines) is 1. The maximum Gasteiger partial charge on any atom is 0.253 e. The van der Waals surface area contributed by atoms with Crippen molar-refractivity contribution in [3.05, 3.63) is 35.4 Å². The van der Waals surface area contributed by atoms with Crippen molar-refractivity contribution < 1.29 is 14.3 Å². The Bertz CT molecular complexity index is 559. The Kier molecular flexibility index (Phi) is 7.25. The van der Waals surface area contributed by atoms with Gasteiger partial charge >= 0.3 is 0 Å². The summed E-state index contributed by atoms with van der Waals surface area (Å²) in [6, 6.07) is 7.61. The van der Waals surface area contributed by atoms with E-state index in [1.807, 2.05) is 36.1 Å². The molecular formula is C19H28N2O3. The highest BCUT2D eigenvalue weighted by Gasteiger charge is 2.24. The van der Waals surface area contributed by atoms with Gasteiger partial charge in [0.1, 0.15) is 0 Å². The second kappa shape index (κ2) is 9.42. The van der Waals surface area contributed by atoms with Crippen molar-refractivity contribution in [2.24, 2.45) is 5.92 Å². The molecule has 1 aliphatic rings. The summed E-state index contributed by atoms with van der Waals surface area (Å²) in [5, 5.41) is 2.98. The molecular weight excluding hydrogens is 304 g/mol. The summed E-state index contributed by atoms with van der Waals surface area (Å²) in [6.45, 7) is 4.66. The Morgan fingerprint density at radius 1 is 1.38 bits per heavy atom. The Morgan fingerprint density at radius 3 is 2.96 bits per heavy atom. The first kappa shape index (κ1) is 18.5. The van der Waals surface area contributed by atoms with E-state index in [4.69, 9.17) is 4.74 Å². The molecule has 1 unspecified atom stereocenters. The number of carbonyl (C=O) groups is 2. The Morgan fingerprint density at radius 2 is 2.21 bits per heavy atom. The van der Waals surface area contributed by atoms with Gasteiger partial charge in [0, 0.05) is 38.7 Å². The second-order valence-corrected chi connectivity index (χ2v) is 6.45. The summed E-state index contributed by atoms with van der Waals surface area (Å²) in [4.78, 5) is 26.3. The normalized spacial score (nSPS) is 17.6. The van der Waals surface area contributed by atoms with Crippen LogP contribution in [0.5, 0.6) is 0 Å². The lowest BCUT2D eigenvalue weighted by Crippen LogP contribution is -2.43. The van der Waals surface area contributed by atoms with Crippen molar-refractivity contribution in [3.8, 4) is 0 Å². The Labute approximate surface area is 144 Å². The van der Waals surface area contributed by atoms with E-state index in [1.54, 1.807) is 7.11 Å². The van der Waals surface area contributed by atoms with Gasteiger partial charge in [-0.3, -0.25) is 9.59 Å². The third-order valence-corrected chi connectivity index (χ3v) is 4.36. The van der Waals surface area contributed by atoms with Crippen LogP contribution in [-0.4, -0.2) is 43.5 Å². The van der Waals surface area contributed by atoms with Gasteiger partial charge in [-0.05, 0) is 42.9 Å². The van der Waals surface area contributed by atoms with Crippen LogP contribution in [0, 0.1) is 5.92 Å². The number of nitrogens with zero attached hydrogens (tertiary/aromatic N) is 1. The molecule has 5 nitrogen and oxygen atoms in total. The summed E-state index contributed by atoms with van der Waals surface area (Å²) in [5.74, 6) is 0.511. The highest BCUT2D eigenvalue weighted by Crippen LogP contribution is 2.19. The average molecular weight is 332 g/mol. The molecule has 1 saturated heterocycles. The van der Waals surface area contributed by atoms with Crippen molar-refractivity contribution in [2.45, 2.75) is 39.2 Å². The van der Waals surface area contributed by atoms with Crippen LogP contribution in [0.4, 0.5) is 0 Å². The zero-order valence-electron chi connectivity index (χ0n) is 14.7. The minimum atomic E-state index is 0.0672. The quantitative estimate of drug-likeness (QED) is 0.835. The SMILES string of the molecule is CCCC(=O)NCC1CCCN(C(=O)c2cccc(COC)c2)C1. The zero-order valence-corrected chi connectivity index (χ0v) is 14.7. The molecule has 0 spiro atoms. The van der Waals surface area contributed by atoms with Gasteiger partial charge in [0.25, 0.3) is 5.91 Å². The highest BCUT2D eigenvalue weighted by molar-refractivity contribution is 5.94. The number of benzene rings is 1. The van der Waals surface area contributed by atoms with Gasteiger partial charge < -0.3 is 15.0 Å². The van der Waals surface area contributed by atoms with Crippen molar-refractivity contribution >= 4 is 11.8 Å². The van der Waals surface area contributed by atoms with E-state index in [2.05, 4.69) is 5.32 Å². The van der Waals surface area contributed by atoms with Crippen LogP contribution >= 0.6 is 0 Å². The van der Waals surface area contributed by atoms with E-state index in [0.29, 0.717) is 37.6 Å². The van der Waals surface area contributed by atoms with E-state index in [1.165, 1.54) is 0 Å². The Balaban J connectivity index is 1.92. The van der Waals surface area contributed by atoms with Gasteiger partial charge in [0.05, 0.1) is 6.61 Å². The van der Waals surface area contributed by atoms with E-state index >= 15 is 0 Å². The van der Waals surface area contributed by atoms with Crippen LogP contribution < -0.4 is 5.32 Å². The van der Waals surface area contributed by atoms with E-state index in [9.17, 15) is 9.59 Å². The maximum absolute atomic E-state index is 12.7. The summed E-state index contributed by atoms with van der Waals surface area (Å²) in [5.41, 5.74) is 1.71. The third kappa shape index (κ3) is 5.34. The van der Waals surface area contributed by atoms with Gasteiger partial charge in [-0.1, -0.05) is 19.1 Å². The fourth-order valence-corrected chi connectivity index (χ4v) is 3.13. The smallest absolute Gasteiger partial charge is 0.253 e. The Hall–Kier alpha value is -1.88. The number of piperidine rings is 1. The van der Waals surface area contributed by atoms with Crippen LogP contribution in [0.3, 0.4) is 0 Å². The van der Waals surface area contributed by atoms with Crippen LogP contribution in [-0.2, 0) is 16.1 Å². The number of methoxy groups -OCH3 is 1. The largest absolute Gasteiger partial charge is 0.380 e. The number of nitrogens with one attached hydrogen (secondary N) is 1. The lowest BCUT2D eigenvalue weighted by atomic mass is 9.97. The van der Waals surface area contributed by atoms with Crippen molar-refractivity contribution in [3.63, 3.8) is 0 Å². The van der Waals surface area contributed by atoms with E-state index in [-0.39, 0.29) is 11.8 Å². The van der Waals surface area contributed by atoms with Gasteiger partial charge in [0.15, 0.2) is 0 Å². The summed E-state index contributed by atoms with van der Waals surface area (Å²) >= 11 is 0. The number of hydrogen-bond acceptors (Lipinski definition) is 3. The third-order valence-electron chi connectivity index (χ3n) is 4.36. The van der Waals surface area contributed by atoms with Crippen molar-refractivity contribution in [1.29, 1.82) is 0 Å². The first-order valence-corrected chi connectivity index (χ1v) is 8.78. The molecule has 0 radical (unpaired) electrons. The average Bonchev–Trinajstić information content (AvgIpc) is 2.60. The minimum Gasteiger partial charge on any atom is -0.380 e. The predicted molar refractivity (Wildman–Crippen MR) is 93.7 cm³/mol. The molecule has 2 rings (SSSR count). The van der Waals surface area contributed by atoms with E-state index in [0.717, 1.165) is 31.4 Å². The summed E-state index contributed by atoms with van der Waals surface area (Å²) < 4.78 is 5.13. The maximum atomic E-state index is 12.7. The molecule has 1 N–H and O–H groups in total. The molecule has 1 heterocycles. The summed E-state index contributed by atoms with van der Waals surface area (Å²) in [7, 11) is 1.65. The fourth-order valence-electron chi connectivity index (χ4n) is 3.13. The van der Waals surface area contributed by atoms with Crippen LogP contribution in [0.15, 0.2) is 24.3 Å². The molecule has 0 aliphatic carbocycles. The molecule has 1 atom stereocenters. The molecule has 1 fully saturated rings. The molecule has 0 aromatic heterocycles. The number of hydrogen-bond donors (Lipinski definition) is 1. The van der Waals surface area contributed by atoms with Crippen molar-refractivity contribution in [2.75, 3.05) is 26.7 Å². The number of rotatable bonds is 7. The molecule has 0 bridgehead atoms. The molecule has 2 amide bonds. The van der Waals surface area contributed by atoms with Gasteiger partial charge in [-0.25, -0.2) is 0 Å². The molecule has 1 aromatic rings. The highest BCUT2D eigenvalue weighted by atomic mass is 16.5. The lowest BCUT2D eigenvalue weighted by molar-refractivity contribution is -0.121. The van der Waals surface area contributed by atoms with Crippen LogP contribution in [0.1, 0.15) is 48.5 Å². The molecule has 5 heteroatoms. The number of amides is 2. The number of ether oxygens (including phenoxy) is 1. The van der Waals surface area contributed by atoms with Crippen LogP contribution in [0.2, 0.25) is 0 Å². The monoisotopic (exact) mass is 332 g/mol. The van der Waals surface area contributed by atoms with Gasteiger partial charge in [-0.15, -0.1) is 0 Å². The predicted octanol–water partition coefficient (Wildman–Crippen LogP) is 2.60. The van der Waals surface area contributed by atoms with Crippen LogP contribution in [0.25, 0.3) is 0 Å². The van der Waals surface area contributed by atoms with E-state index < -0.39 is 0 Å². The molecule has 0 saturated carbocycles. The van der Waals surface area contributed by atoms with Crippen molar-refractivity contribution in [1.82, 2.24) is 10.2 Å². The molecule has 24 heavy (non-hydrogen) atoms.